The summed E-state index contributed by atoms with van der Waals surface area (Å²) in [5, 5.41) is 0. The zero-order valence-electron chi connectivity index (χ0n) is 10.8. The second kappa shape index (κ2) is 7.43. The van der Waals surface area contributed by atoms with Gasteiger partial charge in [0, 0.05) is 13.8 Å². The highest BCUT2D eigenvalue weighted by Crippen LogP contribution is 2.23. The van der Waals surface area contributed by atoms with Gasteiger partial charge in [-0.2, -0.15) is 0 Å². The maximum absolute atomic E-state index is 11.0. The van der Waals surface area contributed by atoms with Gasteiger partial charge in [0.25, 0.3) is 0 Å². The van der Waals surface area contributed by atoms with Crippen LogP contribution in [-0.2, 0) is 23.8 Å². The number of carbonyl (C=O) groups excluding carboxylic acids is 2. The minimum absolute atomic E-state index is 0.0817. The topological polar surface area (TPSA) is 61.8 Å². The van der Waals surface area contributed by atoms with E-state index in [0.29, 0.717) is 0 Å². The second-order valence-corrected chi connectivity index (χ2v) is 5.14. The molecule has 0 N–H and O–H groups in total. The van der Waals surface area contributed by atoms with E-state index in [1.807, 2.05) is 13.0 Å². The maximum atomic E-state index is 11.0. The predicted molar refractivity (Wildman–Crippen MR) is 68.1 cm³/mol. The molecule has 1 rings (SSSR count). The monoisotopic (exact) mass is 274 g/mol. The van der Waals surface area contributed by atoms with E-state index in [2.05, 4.69) is 0 Å². The summed E-state index contributed by atoms with van der Waals surface area (Å²) in [6, 6.07) is 0. The number of thioether (sulfide) groups is 1. The standard InChI is InChI=1S/C12H18O5S/c1-4-18-12-6-5-10(16-9(3)14)11(17-12)7-15-8(2)13/h5-6,10-12H,4,7H2,1-3H3/t10-,11-,12?/m1/s1. The van der Waals surface area contributed by atoms with Crippen LogP contribution in [0.25, 0.3) is 0 Å². The molecule has 6 heteroatoms. The summed E-state index contributed by atoms with van der Waals surface area (Å²) in [4.78, 5) is 21.8. The Bertz CT molecular complexity index is 328. The van der Waals surface area contributed by atoms with Gasteiger partial charge in [-0.05, 0) is 17.9 Å². The van der Waals surface area contributed by atoms with Crippen molar-refractivity contribution in [2.45, 2.75) is 38.4 Å². The Morgan fingerprint density at radius 2 is 2.00 bits per heavy atom. The van der Waals surface area contributed by atoms with Gasteiger partial charge >= 0.3 is 11.9 Å². The fourth-order valence-electron chi connectivity index (χ4n) is 1.52. The van der Waals surface area contributed by atoms with Crippen molar-refractivity contribution in [1.29, 1.82) is 0 Å². The first-order valence-corrected chi connectivity index (χ1v) is 6.83. The Kier molecular flexibility index (Phi) is 6.21. The SMILES string of the molecule is CCSC1C=C[C@@H](OC(C)=O)[C@@H](COC(C)=O)O1. The number of rotatable bonds is 5. The first-order chi connectivity index (χ1) is 8.52. The van der Waals surface area contributed by atoms with Crippen LogP contribution in [0, 0.1) is 0 Å². The molecule has 1 aliphatic heterocycles. The molecule has 0 amide bonds. The Labute approximate surface area is 111 Å². The lowest BCUT2D eigenvalue weighted by Gasteiger charge is -2.31. The van der Waals surface area contributed by atoms with E-state index in [4.69, 9.17) is 14.2 Å². The Hall–Kier alpha value is -1.01. The zero-order valence-corrected chi connectivity index (χ0v) is 11.6. The molecule has 0 bridgehead atoms. The van der Waals surface area contributed by atoms with E-state index < -0.39 is 12.2 Å². The van der Waals surface area contributed by atoms with Gasteiger partial charge in [0.1, 0.15) is 24.3 Å². The van der Waals surface area contributed by atoms with E-state index in [1.54, 1.807) is 17.8 Å². The molecule has 0 aromatic rings. The van der Waals surface area contributed by atoms with Crippen LogP contribution < -0.4 is 0 Å². The van der Waals surface area contributed by atoms with Gasteiger partial charge in [0.15, 0.2) is 0 Å². The summed E-state index contributed by atoms with van der Waals surface area (Å²) in [5.41, 5.74) is -0.0950. The van der Waals surface area contributed by atoms with Crippen LogP contribution in [0.15, 0.2) is 12.2 Å². The molecule has 0 radical (unpaired) electrons. The summed E-state index contributed by atoms with van der Waals surface area (Å²) in [6.45, 7) is 4.78. The van der Waals surface area contributed by atoms with Crippen molar-refractivity contribution in [3.63, 3.8) is 0 Å². The number of esters is 2. The first kappa shape index (κ1) is 15.0. The van der Waals surface area contributed by atoms with Crippen LogP contribution in [-0.4, -0.2) is 41.9 Å². The van der Waals surface area contributed by atoms with Gasteiger partial charge in [0.05, 0.1) is 0 Å². The van der Waals surface area contributed by atoms with E-state index in [9.17, 15) is 9.59 Å². The lowest BCUT2D eigenvalue weighted by Crippen LogP contribution is -2.40. The van der Waals surface area contributed by atoms with Crippen LogP contribution >= 0.6 is 11.8 Å². The van der Waals surface area contributed by atoms with Gasteiger partial charge in [-0.25, -0.2) is 0 Å². The van der Waals surface area contributed by atoms with Gasteiger partial charge < -0.3 is 14.2 Å². The Morgan fingerprint density at radius 1 is 1.28 bits per heavy atom. The molecule has 3 atom stereocenters. The van der Waals surface area contributed by atoms with Crippen molar-refractivity contribution in [3.8, 4) is 0 Å². The third-order valence-corrected chi connectivity index (χ3v) is 3.15. The molecule has 18 heavy (non-hydrogen) atoms. The van der Waals surface area contributed by atoms with Crippen molar-refractivity contribution in [2.24, 2.45) is 0 Å². The molecule has 1 unspecified atom stereocenters. The summed E-state index contributed by atoms with van der Waals surface area (Å²) < 4.78 is 15.7. The van der Waals surface area contributed by atoms with Crippen LogP contribution in [0.2, 0.25) is 0 Å². The fourth-order valence-corrected chi connectivity index (χ4v) is 2.27. The highest BCUT2D eigenvalue weighted by Gasteiger charge is 2.30. The third-order valence-electron chi connectivity index (χ3n) is 2.22. The number of carbonyl (C=O) groups is 2. The Balaban J connectivity index is 2.62. The minimum Gasteiger partial charge on any atom is -0.463 e. The molecule has 0 aliphatic carbocycles. The highest BCUT2D eigenvalue weighted by molar-refractivity contribution is 7.99. The molecule has 5 nitrogen and oxygen atoms in total. The number of hydrogen-bond donors (Lipinski definition) is 0. The smallest absolute Gasteiger partial charge is 0.303 e. The zero-order chi connectivity index (χ0) is 13.5. The summed E-state index contributed by atoms with van der Waals surface area (Å²) in [7, 11) is 0. The average molecular weight is 274 g/mol. The largest absolute Gasteiger partial charge is 0.463 e. The van der Waals surface area contributed by atoms with E-state index >= 15 is 0 Å². The molecule has 0 fully saturated rings. The van der Waals surface area contributed by atoms with Crippen molar-refractivity contribution < 1.29 is 23.8 Å². The maximum Gasteiger partial charge on any atom is 0.303 e. The fraction of sp³-hybridized carbons (Fsp3) is 0.667. The molecule has 1 aliphatic rings. The van der Waals surface area contributed by atoms with Crippen molar-refractivity contribution in [1.82, 2.24) is 0 Å². The number of hydrogen-bond acceptors (Lipinski definition) is 6. The molecule has 0 aromatic carbocycles. The highest BCUT2D eigenvalue weighted by atomic mass is 32.2. The predicted octanol–water partition coefficient (Wildman–Crippen LogP) is 1.52. The molecule has 0 spiro atoms. The molecule has 102 valence electrons. The van der Waals surface area contributed by atoms with Gasteiger partial charge in [-0.1, -0.05) is 6.92 Å². The summed E-state index contributed by atoms with van der Waals surface area (Å²) >= 11 is 1.62. The summed E-state index contributed by atoms with van der Waals surface area (Å²) in [5.74, 6) is 0.144. The normalized spacial score (nSPS) is 26.7. The quantitative estimate of drug-likeness (QED) is 0.559. The molecular formula is C12H18O5S. The van der Waals surface area contributed by atoms with Gasteiger partial charge in [-0.3, -0.25) is 9.59 Å². The Morgan fingerprint density at radius 3 is 2.56 bits per heavy atom. The third kappa shape index (κ3) is 5.10. The lowest BCUT2D eigenvalue weighted by atomic mass is 10.1. The van der Waals surface area contributed by atoms with Crippen molar-refractivity contribution in [2.75, 3.05) is 12.4 Å². The van der Waals surface area contributed by atoms with Gasteiger partial charge in [-0.15, -0.1) is 11.8 Å². The van der Waals surface area contributed by atoms with E-state index in [-0.39, 0.29) is 24.0 Å². The van der Waals surface area contributed by atoms with Gasteiger partial charge in [0.2, 0.25) is 0 Å². The van der Waals surface area contributed by atoms with Crippen LogP contribution in [0.5, 0.6) is 0 Å². The first-order valence-electron chi connectivity index (χ1n) is 5.79. The average Bonchev–Trinajstić information content (AvgIpc) is 2.28. The molecule has 0 aromatic heterocycles. The van der Waals surface area contributed by atoms with E-state index in [0.717, 1.165) is 5.75 Å². The second-order valence-electron chi connectivity index (χ2n) is 3.76. The summed E-state index contributed by atoms with van der Waals surface area (Å²) in [6.07, 6.45) is 2.68. The van der Waals surface area contributed by atoms with Crippen molar-refractivity contribution in [3.05, 3.63) is 12.2 Å². The molecule has 0 saturated carbocycles. The molecule has 0 saturated heterocycles. The van der Waals surface area contributed by atoms with Crippen LogP contribution in [0.3, 0.4) is 0 Å². The number of ether oxygens (including phenoxy) is 3. The molecule has 1 heterocycles. The molecular weight excluding hydrogens is 256 g/mol. The van der Waals surface area contributed by atoms with Crippen LogP contribution in [0.1, 0.15) is 20.8 Å². The minimum atomic E-state index is -0.504. The van der Waals surface area contributed by atoms with Crippen LogP contribution in [0.4, 0.5) is 0 Å². The lowest BCUT2D eigenvalue weighted by molar-refractivity contribution is -0.160. The van der Waals surface area contributed by atoms with Crippen molar-refractivity contribution >= 4 is 23.7 Å². The van der Waals surface area contributed by atoms with E-state index in [1.165, 1.54) is 13.8 Å².